The first kappa shape index (κ1) is 14.7. The van der Waals surface area contributed by atoms with Crippen molar-refractivity contribution in [1.29, 1.82) is 0 Å². The zero-order valence-electron chi connectivity index (χ0n) is 11.0. The van der Waals surface area contributed by atoms with Crippen LogP contribution in [-0.2, 0) is 11.2 Å². The fourth-order valence-corrected chi connectivity index (χ4v) is 2.52. The number of halogens is 2. The Morgan fingerprint density at radius 2 is 2.37 bits per heavy atom. The van der Waals surface area contributed by atoms with Crippen LogP contribution >= 0.6 is 11.6 Å². The first-order valence-electron chi connectivity index (χ1n) is 6.56. The summed E-state index contributed by atoms with van der Waals surface area (Å²) in [6.07, 6.45) is -0.611. The second kappa shape index (κ2) is 6.66. The summed E-state index contributed by atoms with van der Waals surface area (Å²) in [6, 6.07) is 4.65. The molecule has 1 fully saturated rings. The molecule has 3 nitrogen and oxygen atoms in total. The Balaban J connectivity index is 2.00. The molecular formula is C14H19ClFNO2. The zero-order chi connectivity index (χ0) is 13.8. The standard InChI is InChI=1S/C14H19ClFNO2/c1-2-17-6-7-19-13(9-17)12(18)8-10-4-3-5-11(16)14(10)15/h3-5,12-13,18H,2,6-9H2,1H3. The molecule has 2 unspecified atom stereocenters. The van der Waals surface area contributed by atoms with Gasteiger partial charge in [-0.3, -0.25) is 4.90 Å². The molecule has 0 aromatic heterocycles. The van der Waals surface area contributed by atoms with E-state index in [4.69, 9.17) is 16.3 Å². The minimum atomic E-state index is -0.673. The van der Waals surface area contributed by atoms with Crippen LogP contribution in [0.4, 0.5) is 4.39 Å². The third kappa shape index (κ3) is 3.66. The Bertz CT molecular complexity index is 430. The lowest BCUT2D eigenvalue weighted by Crippen LogP contribution is -2.48. The fraction of sp³-hybridized carbons (Fsp3) is 0.571. The minimum Gasteiger partial charge on any atom is -0.390 e. The Morgan fingerprint density at radius 3 is 3.11 bits per heavy atom. The monoisotopic (exact) mass is 287 g/mol. The van der Waals surface area contributed by atoms with Gasteiger partial charge < -0.3 is 9.84 Å². The van der Waals surface area contributed by atoms with Crippen molar-refractivity contribution in [3.8, 4) is 0 Å². The summed E-state index contributed by atoms with van der Waals surface area (Å²) < 4.78 is 18.9. The Morgan fingerprint density at radius 1 is 1.58 bits per heavy atom. The van der Waals surface area contributed by atoms with Gasteiger partial charge in [-0.05, 0) is 18.2 Å². The predicted molar refractivity (Wildman–Crippen MR) is 73.0 cm³/mol. The van der Waals surface area contributed by atoms with Crippen molar-refractivity contribution in [3.63, 3.8) is 0 Å². The number of benzene rings is 1. The van der Waals surface area contributed by atoms with E-state index in [1.54, 1.807) is 12.1 Å². The molecule has 0 amide bonds. The summed E-state index contributed by atoms with van der Waals surface area (Å²) in [6.45, 7) is 5.23. The smallest absolute Gasteiger partial charge is 0.142 e. The van der Waals surface area contributed by atoms with Crippen LogP contribution in [0.25, 0.3) is 0 Å². The molecule has 5 heteroatoms. The van der Waals surface area contributed by atoms with Crippen molar-refractivity contribution in [2.75, 3.05) is 26.2 Å². The van der Waals surface area contributed by atoms with Crippen LogP contribution in [0, 0.1) is 5.82 Å². The van der Waals surface area contributed by atoms with Gasteiger partial charge in [0.25, 0.3) is 0 Å². The van der Waals surface area contributed by atoms with E-state index in [1.165, 1.54) is 6.07 Å². The highest BCUT2D eigenvalue weighted by Gasteiger charge is 2.26. The molecule has 1 heterocycles. The second-order valence-corrected chi connectivity index (χ2v) is 5.16. The van der Waals surface area contributed by atoms with Crippen LogP contribution in [0.15, 0.2) is 18.2 Å². The molecule has 106 valence electrons. The number of nitrogens with zero attached hydrogens (tertiary/aromatic N) is 1. The Kier molecular flexibility index (Phi) is 5.16. The molecule has 0 radical (unpaired) electrons. The lowest BCUT2D eigenvalue weighted by molar-refractivity contribution is -0.0867. The van der Waals surface area contributed by atoms with Gasteiger partial charge >= 0.3 is 0 Å². The van der Waals surface area contributed by atoms with Crippen LogP contribution in [0.1, 0.15) is 12.5 Å². The molecular weight excluding hydrogens is 269 g/mol. The van der Waals surface area contributed by atoms with Crippen molar-refractivity contribution < 1.29 is 14.2 Å². The van der Waals surface area contributed by atoms with Gasteiger partial charge in [0, 0.05) is 19.5 Å². The fourth-order valence-electron chi connectivity index (χ4n) is 2.31. The van der Waals surface area contributed by atoms with E-state index in [0.29, 0.717) is 25.1 Å². The van der Waals surface area contributed by atoms with Gasteiger partial charge in [0.1, 0.15) is 5.82 Å². The van der Waals surface area contributed by atoms with E-state index in [9.17, 15) is 9.50 Å². The van der Waals surface area contributed by atoms with Crippen LogP contribution in [0.2, 0.25) is 5.02 Å². The highest BCUT2D eigenvalue weighted by Crippen LogP contribution is 2.22. The maximum atomic E-state index is 13.3. The Labute approximate surface area is 117 Å². The molecule has 19 heavy (non-hydrogen) atoms. The first-order chi connectivity index (χ1) is 9.11. The van der Waals surface area contributed by atoms with Crippen LogP contribution in [0.5, 0.6) is 0 Å². The van der Waals surface area contributed by atoms with Crippen molar-refractivity contribution >= 4 is 11.6 Å². The van der Waals surface area contributed by atoms with E-state index in [2.05, 4.69) is 11.8 Å². The van der Waals surface area contributed by atoms with Gasteiger partial charge in [0.2, 0.25) is 0 Å². The topological polar surface area (TPSA) is 32.7 Å². The lowest BCUT2D eigenvalue weighted by Gasteiger charge is -2.34. The van der Waals surface area contributed by atoms with Crippen molar-refractivity contribution in [2.45, 2.75) is 25.6 Å². The summed E-state index contributed by atoms with van der Waals surface area (Å²) >= 11 is 5.89. The number of ether oxygens (including phenoxy) is 1. The molecule has 0 aliphatic carbocycles. The largest absolute Gasteiger partial charge is 0.390 e. The number of morpholine rings is 1. The van der Waals surface area contributed by atoms with E-state index in [0.717, 1.165) is 13.1 Å². The molecule has 1 aliphatic heterocycles. The van der Waals surface area contributed by atoms with Gasteiger partial charge in [0.05, 0.1) is 23.8 Å². The maximum absolute atomic E-state index is 13.3. The summed E-state index contributed by atoms with van der Waals surface area (Å²) in [5.41, 5.74) is 0.617. The van der Waals surface area contributed by atoms with Crippen molar-refractivity contribution in [2.24, 2.45) is 0 Å². The van der Waals surface area contributed by atoms with E-state index >= 15 is 0 Å². The van der Waals surface area contributed by atoms with Gasteiger partial charge in [0.15, 0.2) is 0 Å². The van der Waals surface area contributed by atoms with Crippen molar-refractivity contribution in [3.05, 3.63) is 34.6 Å². The van der Waals surface area contributed by atoms with E-state index in [-0.39, 0.29) is 11.1 Å². The first-order valence-corrected chi connectivity index (χ1v) is 6.94. The van der Waals surface area contributed by atoms with Gasteiger partial charge in [-0.15, -0.1) is 0 Å². The second-order valence-electron chi connectivity index (χ2n) is 4.79. The Hall–Kier alpha value is -0.680. The highest BCUT2D eigenvalue weighted by molar-refractivity contribution is 6.31. The summed E-state index contributed by atoms with van der Waals surface area (Å²) in [4.78, 5) is 2.23. The number of hydrogen-bond donors (Lipinski definition) is 1. The van der Waals surface area contributed by atoms with E-state index < -0.39 is 11.9 Å². The third-order valence-corrected chi connectivity index (χ3v) is 3.94. The molecule has 1 aromatic carbocycles. The summed E-state index contributed by atoms with van der Waals surface area (Å²) in [5, 5.41) is 10.3. The number of hydrogen-bond acceptors (Lipinski definition) is 3. The average molecular weight is 288 g/mol. The molecule has 1 aromatic rings. The SMILES string of the molecule is CCN1CCOC(C(O)Cc2cccc(F)c2Cl)C1. The minimum absolute atomic E-state index is 0.0877. The average Bonchev–Trinajstić information content (AvgIpc) is 2.44. The summed E-state index contributed by atoms with van der Waals surface area (Å²) in [5.74, 6) is -0.453. The molecule has 2 atom stereocenters. The molecule has 1 N–H and O–H groups in total. The number of aliphatic hydroxyl groups excluding tert-OH is 1. The van der Waals surface area contributed by atoms with Gasteiger partial charge in [-0.25, -0.2) is 4.39 Å². The number of likely N-dealkylation sites (N-methyl/N-ethyl adjacent to an activating group) is 1. The zero-order valence-corrected chi connectivity index (χ0v) is 11.7. The summed E-state index contributed by atoms with van der Waals surface area (Å²) in [7, 11) is 0. The quantitative estimate of drug-likeness (QED) is 0.921. The molecule has 0 bridgehead atoms. The van der Waals surface area contributed by atoms with Gasteiger partial charge in [-0.1, -0.05) is 30.7 Å². The van der Waals surface area contributed by atoms with Crippen LogP contribution in [-0.4, -0.2) is 48.5 Å². The normalized spacial score (nSPS) is 22.4. The van der Waals surface area contributed by atoms with Crippen LogP contribution in [0.3, 0.4) is 0 Å². The van der Waals surface area contributed by atoms with Gasteiger partial charge in [-0.2, -0.15) is 0 Å². The molecule has 0 spiro atoms. The molecule has 2 rings (SSSR count). The molecule has 1 aliphatic rings. The molecule has 1 saturated heterocycles. The predicted octanol–water partition coefficient (Wildman–Crippen LogP) is 2.10. The van der Waals surface area contributed by atoms with E-state index in [1.807, 2.05) is 0 Å². The third-order valence-electron chi connectivity index (χ3n) is 3.51. The van der Waals surface area contributed by atoms with Crippen molar-refractivity contribution in [1.82, 2.24) is 4.90 Å². The number of aliphatic hydroxyl groups is 1. The molecule has 0 saturated carbocycles. The maximum Gasteiger partial charge on any atom is 0.142 e. The highest BCUT2D eigenvalue weighted by atomic mass is 35.5. The number of rotatable bonds is 4. The lowest BCUT2D eigenvalue weighted by atomic mass is 10.0. The van der Waals surface area contributed by atoms with Crippen LogP contribution < -0.4 is 0 Å².